The first-order valence-corrected chi connectivity index (χ1v) is 12.8. The number of benzene rings is 3. The van der Waals surface area contributed by atoms with Crippen LogP contribution in [0, 0.1) is 12.7 Å². The zero-order valence-corrected chi connectivity index (χ0v) is 22.1. The van der Waals surface area contributed by atoms with Gasteiger partial charge in [-0.15, -0.1) is 0 Å². The van der Waals surface area contributed by atoms with Crippen molar-refractivity contribution in [3.63, 3.8) is 0 Å². The van der Waals surface area contributed by atoms with E-state index < -0.39 is 11.9 Å². The lowest BCUT2D eigenvalue weighted by atomic mass is 10.1. The van der Waals surface area contributed by atoms with Crippen molar-refractivity contribution in [2.24, 2.45) is 4.99 Å². The van der Waals surface area contributed by atoms with Gasteiger partial charge in [-0.2, -0.15) is 0 Å². The maximum Gasteiger partial charge on any atom is 0.344 e. The zero-order valence-electron chi connectivity index (χ0n) is 20.5. The molecule has 6 nitrogen and oxygen atoms in total. The topological polar surface area (TPSA) is 85.2 Å². The number of ether oxygens (including phenoxy) is 2. The van der Waals surface area contributed by atoms with E-state index in [4.69, 9.17) is 21.1 Å². The van der Waals surface area contributed by atoms with Crippen LogP contribution in [0.1, 0.15) is 34.0 Å². The lowest BCUT2D eigenvalue weighted by Gasteiger charge is -2.09. The summed E-state index contributed by atoms with van der Waals surface area (Å²) < 4.78 is 24.2. The van der Waals surface area contributed by atoms with E-state index in [1.807, 2.05) is 6.92 Å². The molecule has 3 aromatic carbocycles. The highest BCUT2D eigenvalue weighted by atomic mass is 35.5. The van der Waals surface area contributed by atoms with Gasteiger partial charge < -0.3 is 14.6 Å². The van der Waals surface area contributed by atoms with E-state index >= 15 is 0 Å². The third kappa shape index (κ3) is 6.51. The van der Waals surface area contributed by atoms with E-state index in [9.17, 15) is 19.1 Å². The van der Waals surface area contributed by atoms with E-state index in [0.717, 1.165) is 17.3 Å². The Labute approximate surface area is 228 Å². The number of aliphatic hydroxyl groups excluding tert-OH is 1. The standard InChI is InChI=1S/C29H23ClFNO5S/c1-3-36-29(35)25-26(33)24(38-28(25)32-27(34)20-10-7-17(2)8-11-20)15-18-9-12-23(22(30)14-18)37-16-19-5-4-6-21(31)13-19/h4-15,33H,3,16H2,1-2H3/b24-15-,32-28?. The van der Waals surface area contributed by atoms with Gasteiger partial charge in [0, 0.05) is 5.56 Å². The second-order valence-corrected chi connectivity index (χ2v) is 9.69. The fourth-order valence-electron chi connectivity index (χ4n) is 3.51. The van der Waals surface area contributed by atoms with Gasteiger partial charge in [0.15, 0.2) is 0 Å². The van der Waals surface area contributed by atoms with Gasteiger partial charge in [-0.05, 0) is 67.4 Å². The summed E-state index contributed by atoms with van der Waals surface area (Å²) in [6.07, 6.45) is 1.61. The van der Waals surface area contributed by atoms with Crippen molar-refractivity contribution in [3.8, 4) is 5.75 Å². The first-order chi connectivity index (χ1) is 18.2. The van der Waals surface area contributed by atoms with E-state index in [-0.39, 0.29) is 35.4 Å². The van der Waals surface area contributed by atoms with Gasteiger partial charge >= 0.3 is 5.97 Å². The number of carbonyl (C=O) groups excluding carboxylic acids is 2. The molecule has 4 rings (SSSR count). The number of aryl methyl sites for hydroxylation is 1. The van der Waals surface area contributed by atoms with Crippen LogP contribution >= 0.6 is 23.4 Å². The van der Waals surface area contributed by atoms with E-state index in [1.54, 1.807) is 67.6 Å². The van der Waals surface area contributed by atoms with Crippen molar-refractivity contribution in [1.29, 1.82) is 0 Å². The van der Waals surface area contributed by atoms with Crippen LogP contribution in [0.5, 0.6) is 5.75 Å². The molecule has 0 fully saturated rings. The molecular formula is C29H23ClFNO5S. The molecule has 0 radical (unpaired) electrons. The van der Waals surface area contributed by atoms with Crippen LogP contribution in [0.4, 0.5) is 4.39 Å². The maximum atomic E-state index is 13.4. The molecule has 0 saturated heterocycles. The largest absolute Gasteiger partial charge is 0.506 e. The normalized spacial score (nSPS) is 15.3. The zero-order chi connectivity index (χ0) is 27.2. The highest BCUT2D eigenvalue weighted by Gasteiger charge is 2.34. The number of nitrogens with zero attached hydrogens (tertiary/aromatic N) is 1. The van der Waals surface area contributed by atoms with Gasteiger partial charge in [-0.1, -0.05) is 59.3 Å². The maximum absolute atomic E-state index is 13.4. The van der Waals surface area contributed by atoms with Gasteiger partial charge in [0.05, 0.1) is 16.5 Å². The summed E-state index contributed by atoms with van der Waals surface area (Å²) in [5.41, 5.74) is 2.43. The van der Waals surface area contributed by atoms with Crippen molar-refractivity contribution in [2.45, 2.75) is 20.5 Å². The summed E-state index contributed by atoms with van der Waals surface area (Å²) in [6.45, 7) is 3.77. The fraction of sp³-hybridized carbons (Fsp3) is 0.138. The predicted octanol–water partition coefficient (Wildman–Crippen LogP) is 7.07. The summed E-state index contributed by atoms with van der Waals surface area (Å²) in [5, 5.41) is 11.2. The minimum absolute atomic E-state index is 0.0407. The number of aliphatic imine (C=N–C) groups is 1. The van der Waals surface area contributed by atoms with Gasteiger partial charge in [0.25, 0.3) is 5.91 Å². The van der Waals surface area contributed by atoms with E-state index in [1.165, 1.54) is 12.1 Å². The summed E-state index contributed by atoms with van der Waals surface area (Å²) in [7, 11) is 0. The quantitative estimate of drug-likeness (QED) is 0.316. The molecule has 1 N–H and O–H groups in total. The molecule has 194 valence electrons. The summed E-state index contributed by atoms with van der Waals surface area (Å²) in [6, 6.07) is 17.9. The first-order valence-electron chi connectivity index (χ1n) is 11.6. The van der Waals surface area contributed by atoms with E-state index in [0.29, 0.717) is 32.4 Å². The van der Waals surface area contributed by atoms with E-state index in [2.05, 4.69) is 4.99 Å². The Morgan fingerprint density at radius 1 is 1.11 bits per heavy atom. The smallest absolute Gasteiger partial charge is 0.344 e. The lowest BCUT2D eigenvalue weighted by molar-refractivity contribution is -0.138. The van der Waals surface area contributed by atoms with Crippen LogP contribution in [0.15, 0.2) is 88.0 Å². The summed E-state index contributed by atoms with van der Waals surface area (Å²) in [4.78, 5) is 29.7. The van der Waals surface area contributed by atoms with Gasteiger partial charge in [0.2, 0.25) is 0 Å². The molecule has 1 aliphatic rings. The number of rotatable bonds is 7. The minimum Gasteiger partial charge on any atom is -0.506 e. The number of carbonyl (C=O) groups is 2. The third-order valence-electron chi connectivity index (χ3n) is 5.41. The second kappa shape index (κ2) is 12.1. The van der Waals surface area contributed by atoms with Crippen molar-refractivity contribution in [3.05, 3.63) is 116 Å². The molecule has 1 heterocycles. The molecule has 3 aromatic rings. The average Bonchev–Trinajstić information content (AvgIpc) is 3.18. The molecule has 0 bridgehead atoms. The van der Waals surface area contributed by atoms with Crippen LogP contribution in [-0.2, 0) is 16.1 Å². The molecule has 0 atom stereocenters. The molecule has 0 unspecified atom stereocenters. The van der Waals surface area contributed by atoms with Crippen LogP contribution in [0.25, 0.3) is 6.08 Å². The summed E-state index contributed by atoms with van der Waals surface area (Å²) >= 11 is 7.37. The molecule has 0 saturated carbocycles. The minimum atomic E-state index is -0.782. The molecular weight excluding hydrogens is 529 g/mol. The molecule has 0 aromatic heterocycles. The first kappa shape index (κ1) is 27.2. The van der Waals surface area contributed by atoms with Gasteiger partial charge in [0.1, 0.15) is 34.5 Å². The molecule has 1 aliphatic heterocycles. The SMILES string of the molecule is CCOC(=O)C1=C(O)/C(=C/c2ccc(OCc3cccc(F)c3)c(Cl)c2)SC1=NC(=O)c1ccc(C)cc1. The number of aliphatic hydroxyl groups is 1. The van der Waals surface area contributed by atoms with Crippen LogP contribution in [0.3, 0.4) is 0 Å². The number of halogens is 2. The Kier molecular flexibility index (Phi) is 8.66. The fourth-order valence-corrected chi connectivity index (χ4v) is 4.76. The number of esters is 1. The van der Waals surface area contributed by atoms with Crippen LogP contribution < -0.4 is 4.74 Å². The van der Waals surface area contributed by atoms with Crippen LogP contribution in [0.2, 0.25) is 5.02 Å². The third-order valence-corrected chi connectivity index (χ3v) is 6.72. The lowest BCUT2D eigenvalue weighted by Crippen LogP contribution is -2.14. The van der Waals surface area contributed by atoms with Crippen molar-refractivity contribution >= 4 is 46.4 Å². The molecule has 9 heteroatoms. The predicted molar refractivity (Wildman–Crippen MR) is 147 cm³/mol. The summed E-state index contributed by atoms with van der Waals surface area (Å²) in [5.74, 6) is -1.63. The Hall–Kier alpha value is -3.88. The number of hydrogen-bond donors (Lipinski definition) is 1. The Balaban J connectivity index is 1.59. The molecule has 38 heavy (non-hydrogen) atoms. The second-order valence-electron chi connectivity index (χ2n) is 8.25. The average molecular weight is 552 g/mol. The molecule has 0 spiro atoms. The monoisotopic (exact) mass is 551 g/mol. The molecule has 0 aliphatic carbocycles. The Morgan fingerprint density at radius 2 is 1.87 bits per heavy atom. The number of amides is 1. The van der Waals surface area contributed by atoms with Gasteiger partial charge in [-0.25, -0.2) is 14.2 Å². The number of thioether (sulfide) groups is 1. The molecule has 1 amide bonds. The highest BCUT2D eigenvalue weighted by Crippen LogP contribution is 2.40. The van der Waals surface area contributed by atoms with Crippen molar-refractivity contribution < 1.29 is 28.6 Å². The van der Waals surface area contributed by atoms with Crippen molar-refractivity contribution in [1.82, 2.24) is 0 Å². The number of hydrogen-bond acceptors (Lipinski definition) is 6. The van der Waals surface area contributed by atoms with Crippen LogP contribution in [-0.4, -0.2) is 28.6 Å². The highest BCUT2D eigenvalue weighted by molar-refractivity contribution is 8.18. The van der Waals surface area contributed by atoms with Gasteiger partial charge in [-0.3, -0.25) is 4.79 Å². The van der Waals surface area contributed by atoms with Crippen molar-refractivity contribution in [2.75, 3.05) is 6.61 Å². The Morgan fingerprint density at radius 3 is 2.55 bits per heavy atom. The Bertz CT molecular complexity index is 1480.